The first-order valence-corrected chi connectivity index (χ1v) is 8.27. The molecule has 0 atom stereocenters. The fourth-order valence-electron chi connectivity index (χ4n) is 2.64. The van der Waals surface area contributed by atoms with E-state index in [0.717, 1.165) is 12.0 Å². The van der Waals surface area contributed by atoms with Crippen molar-refractivity contribution in [2.24, 2.45) is 0 Å². The molecule has 0 N–H and O–H groups in total. The van der Waals surface area contributed by atoms with Crippen molar-refractivity contribution in [3.05, 3.63) is 59.2 Å². The first kappa shape index (κ1) is 18.0. The van der Waals surface area contributed by atoms with Gasteiger partial charge in [-0.25, -0.2) is 4.79 Å². The predicted octanol–water partition coefficient (Wildman–Crippen LogP) is 4.20. The number of carbonyl (C=O) groups excluding carboxylic acids is 1. The summed E-state index contributed by atoms with van der Waals surface area (Å²) in [5.41, 5.74) is 3.93. The van der Waals surface area contributed by atoms with Crippen LogP contribution in [0, 0.1) is 0 Å². The Morgan fingerprint density at radius 3 is 2.71 bits per heavy atom. The average Bonchev–Trinajstić information content (AvgIpc) is 2.91. The standard InChI is InChI=1S/C20H26N2O2/c1-6-24-19(23)15(2)10-17-12-18(22(14-17)20(3,4)5)11-16-8-7-9-21-13-16/h7-10,12-14H,6,11H2,1-5H3/b15-10-. The molecule has 2 aromatic heterocycles. The van der Waals surface area contributed by atoms with Gasteiger partial charge in [-0.3, -0.25) is 4.98 Å². The first-order valence-electron chi connectivity index (χ1n) is 8.27. The topological polar surface area (TPSA) is 44.1 Å². The molecule has 0 aromatic carbocycles. The highest BCUT2D eigenvalue weighted by atomic mass is 16.5. The van der Waals surface area contributed by atoms with Crippen LogP contribution in [0.4, 0.5) is 0 Å². The summed E-state index contributed by atoms with van der Waals surface area (Å²) in [5.74, 6) is -0.269. The summed E-state index contributed by atoms with van der Waals surface area (Å²) >= 11 is 0. The second kappa shape index (κ2) is 7.47. The zero-order valence-corrected chi connectivity index (χ0v) is 15.2. The summed E-state index contributed by atoms with van der Waals surface area (Å²) < 4.78 is 7.31. The molecule has 0 bridgehead atoms. The largest absolute Gasteiger partial charge is 0.463 e. The van der Waals surface area contributed by atoms with Crippen molar-refractivity contribution in [2.45, 2.75) is 46.6 Å². The number of carbonyl (C=O) groups is 1. The minimum atomic E-state index is -0.269. The fraction of sp³-hybridized carbons (Fsp3) is 0.400. The van der Waals surface area contributed by atoms with Crippen molar-refractivity contribution in [2.75, 3.05) is 6.61 Å². The van der Waals surface area contributed by atoms with Crippen molar-refractivity contribution in [3.8, 4) is 0 Å². The lowest BCUT2D eigenvalue weighted by molar-refractivity contribution is -0.138. The maximum Gasteiger partial charge on any atom is 0.333 e. The smallest absolute Gasteiger partial charge is 0.333 e. The molecule has 0 saturated carbocycles. The highest BCUT2D eigenvalue weighted by molar-refractivity contribution is 5.93. The average molecular weight is 326 g/mol. The number of nitrogens with zero attached hydrogens (tertiary/aromatic N) is 2. The van der Waals surface area contributed by atoms with Gasteiger partial charge in [0, 0.05) is 41.8 Å². The summed E-state index contributed by atoms with van der Waals surface area (Å²) in [6.07, 6.45) is 8.45. The van der Waals surface area contributed by atoms with E-state index < -0.39 is 0 Å². The molecular weight excluding hydrogens is 300 g/mol. The Bertz CT molecular complexity index is 722. The van der Waals surface area contributed by atoms with Crippen molar-refractivity contribution in [1.29, 1.82) is 0 Å². The SMILES string of the molecule is CCOC(=O)/C(C)=C\c1cc(Cc2cccnc2)n(C(C)(C)C)c1. The highest BCUT2D eigenvalue weighted by Gasteiger charge is 2.18. The molecule has 2 aromatic rings. The van der Waals surface area contributed by atoms with E-state index in [2.05, 4.69) is 48.7 Å². The molecule has 4 heteroatoms. The van der Waals surface area contributed by atoms with E-state index in [1.807, 2.05) is 25.3 Å². The Labute approximate surface area is 144 Å². The van der Waals surface area contributed by atoms with E-state index in [4.69, 9.17) is 4.74 Å². The van der Waals surface area contributed by atoms with E-state index in [-0.39, 0.29) is 11.5 Å². The van der Waals surface area contributed by atoms with Crippen LogP contribution in [0.25, 0.3) is 6.08 Å². The van der Waals surface area contributed by atoms with Gasteiger partial charge in [0.05, 0.1) is 6.61 Å². The minimum absolute atomic E-state index is 0.0402. The molecule has 0 amide bonds. The zero-order valence-electron chi connectivity index (χ0n) is 15.2. The van der Waals surface area contributed by atoms with Crippen LogP contribution >= 0.6 is 0 Å². The van der Waals surface area contributed by atoms with Crippen LogP contribution in [-0.2, 0) is 21.5 Å². The zero-order chi connectivity index (χ0) is 17.7. The molecule has 0 aliphatic carbocycles. The molecule has 2 rings (SSSR count). The quantitative estimate of drug-likeness (QED) is 0.611. The van der Waals surface area contributed by atoms with Gasteiger partial charge in [-0.1, -0.05) is 6.07 Å². The van der Waals surface area contributed by atoms with Crippen LogP contribution in [0.3, 0.4) is 0 Å². The molecule has 0 fully saturated rings. The van der Waals surface area contributed by atoms with Crippen LogP contribution in [0.15, 0.2) is 42.4 Å². The molecule has 0 spiro atoms. The predicted molar refractivity (Wildman–Crippen MR) is 96.8 cm³/mol. The third-order valence-electron chi connectivity index (χ3n) is 3.73. The Kier molecular flexibility index (Phi) is 5.60. The maximum atomic E-state index is 11.8. The second-order valence-electron chi connectivity index (χ2n) is 6.89. The van der Waals surface area contributed by atoms with Gasteiger partial charge in [-0.05, 0) is 64.0 Å². The maximum absolute atomic E-state index is 11.8. The third-order valence-corrected chi connectivity index (χ3v) is 3.73. The Morgan fingerprint density at radius 1 is 1.38 bits per heavy atom. The summed E-state index contributed by atoms with van der Waals surface area (Å²) in [5, 5.41) is 0. The van der Waals surface area contributed by atoms with E-state index in [1.165, 1.54) is 11.3 Å². The Hall–Kier alpha value is -2.36. The third kappa shape index (κ3) is 4.57. The van der Waals surface area contributed by atoms with Crippen molar-refractivity contribution in [1.82, 2.24) is 9.55 Å². The number of esters is 1. The van der Waals surface area contributed by atoms with Crippen LogP contribution in [-0.4, -0.2) is 22.1 Å². The summed E-state index contributed by atoms with van der Waals surface area (Å²) in [7, 11) is 0. The van der Waals surface area contributed by atoms with Gasteiger partial charge in [-0.15, -0.1) is 0 Å². The minimum Gasteiger partial charge on any atom is -0.463 e. The number of rotatable bonds is 5. The molecule has 0 saturated heterocycles. The van der Waals surface area contributed by atoms with Crippen molar-refractivity contribution >= 4 is 12.0 Å². The summed E-state index contributed by atoms with van der Waals surface area (Å²) in [6, 6.07) is 6.15. The monoisotopic (exact) mass is 326 g/mol. The molecule has 24 heavy (non-hydrogen) atoms. The van der Waals surface area contributed by atoms with Gasteiger partial charge < -0.3 is 9.30 Å². The number of hydrogen-bond donors (Lipinski definition) is 0. The number of hydrogen-bond acceptors (Lipinski definition) is 3. The van der Waals surface area contributed by atoms with Crippen molar-refractivity contribution < 1.29 is 9.53 Å². The van der Waals surface area contributed by atoms with Crippen molar-refractivity contribution in [3.63, 3.8) is 0 Å². The molecule has 0 radical (unpaired) electrons. The molecule has 0 aliphatic rings. The lowest BCUT2D eigenvalue weighted by Crippen LogP contribution is -2.23. The van der Waals surface area contributed by atoms with Gasteiger partial charge >= 0.3 is 5.97 Å². The molecule has 0 aliphatic heterocycles. The van der Waals surface area contributed by atoms with E-state index in [0.29, 0.717) is 12.2 Å². The van der Waals surface area contributed by atoms with Gasteiger partial charge in [0.15, 0.2) is 0 Å². The normalized spacial score (nSPS) is 12.3. The number of pyridine rings is 1. The van der Waals surface area contributed by atoms with E-state index in [1.54, 1.807) is 13.1 Å². The fourth-order valence-corrected chi connectivity index (χ4v) is 2.64. The molecule has 2 heterocycles. The highest BCUT2D eigenvalue weighted by Crippen LogP contribution is 2.24. The van der Waals surface area contributed by atoms with Crippen LogP contribution in [0.2, 0.25) is 0 Å². The molecule has 0 unspecified atom stereocenters. The van der Waals surface area contributed by atoms with Crippen LogP contribution in [0.5, 0.6) is 0 Å². The van der Waals surface area contributed by atoms with Crippen LogP contribution < -0.4 is 0 Å². The molecular formula is C20H26N2O2. The van der Waals surface area contributed by atoms with Gasteiger partial charge in [-0.2, -0.15) is 0 Å². The first-order chi connectivity index (χ1) is 11.3. The summed E-state index contributed by atoms with van der Waals surface area (Å²) in [6.45, 7) is 10.5. The summed E-state index contributed by atoms with van der Waals surface area (Å²) in [4.78, 5) is 16.0. The van der Waals surface area contributed by atoms with Crippen LogP contribution in [0.1, 0.15) is 51.4 Å². The van der Waals surface area contributed by atoms with E-state index in [9.17, 15) is 4.79 Å². The van der Waals surface area contributed by atoms with E-state index >= 15 is 0 Å². The molecule has 4 nitrogen and oxygen atoms in total. The lowest BCUT2D eigenvalue weighted by atomic mass is 10.1. The Morgan fingerprint density at radius 2 is 2.12 bits per heavy atom. The second-order valence-corrected chi connectivity index (χ2v) is 6.89. The molecule has 128 valence electrons. The van der Waals surface area contributed by atoms with Gasteiger partial charge in [0.1, 0.15) is 0 Å². The number of ether oxygens (including phenoxy) is 1. The Balaban J connectivity index is 2.35. The van der Waals surface area contributed by atoms with Gasteiger partial charge in [0.25, 0.3) is 0 Å². The lowest BCUT2D eigenvalue weighted by Gasteiger charge is -2.24. The van der Waals surface area contributed by atoms with Gasteiger partial charge in [0.2, 0.25) is 0 Å². The number of aromatic nitrogens is 2.